The molecule has 0 aromatic carbocycles. The minimum atomic E-state index is -2.97. The van der Waals surface area contributed by atoms with Gasteiger partial charge in [-0.25, -0.2) is 4.98 Å². The summed E-state index contributed by atoms with van der Waals surface area (Å²) in [5.41, 5.74) is -0.296. The summed E-state index contributed by atoms with van der Waals surface area (Å²) in [6.45, 7) is 2.25. The van der Waals surface area contributed by atoms with Crippen molar-refractivity contribution in [1.29, 1.82) is 0 Å². The van der Waals surface area contributed by atoms with Crippen LogP contribution < -0.4 is 0 Å². The van der Waals surface area contributed by atoms with Crippen LogP contribution in [0.1, 0.15) is 25.4 Å². The number of alkyl halides is 2. The summed E-state index contributed by atoms with van der Waals surface area (Å²) in [4.78, 5) is 16.6. The van der Waals surface area contributed by atoms with Crippen molar-refractivity contribution < 1.29 is 18.7 Å². The van der Waals surface area contributed by atoms with Crippen LogP contribution in [0.3, 0.4) is 0 Å². The average Bonchev–Trinajstić information content (AvgIpc) is 2.51. The Morgan fingerprint density at radius 2 is 2.33 bits per heavy atom. The van der Waals surface area contributed by atoms with E-state index in [9.17, 15) is 13.6 Å². The molecule has 0 amide bonds. The minimum Gasteiger partial charge on any atom is -0.481 e. The maximum Gasteiger partial charge on any atom is 0.306 e. The number of H-pyrrole nitrogens is 1. The summed E-state index contributed by atoms with van der Waals surface area (Å²) in [7, 11) is 0. The number of imidazole rings is 1. The molecule has 1 heterocycles. The van der Waals surface area contributed by atoms with Crippen LogP contribution in [0.25, 0.3) is 0 Å². The lowest BCUT2D eigenvalue weighted by atomic mass is 10.1. The van der Waals surface area contributed by atoms with Crippen LogP contribution in [-0.2, 0) is 17.1 Å². The third-order valence-electron chi connectivity index (χ3n) is 2.02. The Balaban J connectivity index is 2.73. The Morgan fingerprint density at radius 1 is 1.73 bits per heavy atom. The van der Waals surface area contributed by atoms with E-state index >= 15 is 0 Å². The Bertz CT molecular complexity index is 357. The molecule has 0 bridgehead atoms. The van der Waals surface area contributed by atoms with Gasteiger partial charge < -0.3 is 10.1 Å². The Hall–Kier alpha value is -1.46. The van der Waals surface area contributed by atoms with Crippen molar-refractivity contribution in [2.24, 2.45) is 5.92 Å². The van der Waals surface area contributed by atoms with E-state index in [1.165, 1.54) is 6.92 Å². The van der Waals surface area contributed by atoms with Gasteiger partial charge in [-0.1, -0.05) is 6.92 Å². The number of halogens is 2. The van der Waals surface area contributed by atoms with Gasteiger partial charge in [0, 0.05) is 13.3 Å². The monoisotopic (exact) mass is 218 g/mol. The summed E-state index contributed by atoms with van der Waals surface area (Å²) >= 11 is 0. The fourth-order valence-corrected chi connectivity index (χ4v) is 1.07. The second-order valence-electron chi connectivity index (χ2n) is 3.58. The number of carboxylic acids is 1. The number of aromatic nitrogens is 2. The molecular formula is C9H12F2N2O2. The largest absolute Gasteiger partial charge is 0.481 e. The van der Waals surface area contributed by atoms with Gasteiger partial charge in [0.15, 0.2) is 0 Å². The van der Waals surface area contributed by atoms with Crippen molar-refractivity contribution in [3.05, 3.63) is 17.7 Å². The number of rotatable bonds is 4. The van der Waals surface area contributed by atoms with Gasteiger partial charge in [-0.05, 0) is 0 Å². The van der Waals surface area contributed by atoms with Crippen LogP contribution in [0.15, 0.2) is 6.20 Å². The standard InChI is InChI=1S/C9H12F2N2O2/c1-5(8(14)15)3-7-12-4-6(13-7)9(2,10)11/h4-5H,3H2,1-2H3,(H,12,13)(H,14,15). The second kappa shape index (κ2) is 3.96. The first-order valence-electron chi connectivity index (χ1n) is 4.45. The quantitative estimate of drug-likeness (QED) is 0.809. The van der Waals surface area contributed by atoms with Crippen LogP contribution in [0, 0.1) is 5.92 Å². The number of aromatic amines is 1. The van der Waals surface area contributed by atoms with Crippen LogP contribution in [0.2, 0.25) is 0 Å². The summed E-state index contributed by atoms with van der Waals surface area (Å²) in [5.74, 6) is -4.33. The second-order valence-corrected chi connectivity index (χ2v) is 3.58. The van der Waals surface area contributed by atoms with E-state index in [-0.39, 0.29) is 17.9 Å². The molecule has 0 spiro atoms. The van der Waals surface area contributed by atoms with Crippen molar-refractivity contribution in [3.63, 3.8) is 0 Å². The topological polar surface area (TPSA) is 66.0 Å². The highest BCUT2D eigenvalue weighted by molar-refractivity contribution is 5.69. The van der Waals surface area contributed by atoms with Gasteiger partial charge >= 0.3 is 5.97 Å². The first-order valence-corrected chi connectivity index (χ1v) is 4.45. The summed E-state index contributed by atoms with van der Waals surface area (Å²) < 4.78 is 25.6. The predicted molar refractivity (Wildman–Crippen MR) is 48.7 cm³/mol. The Kier molecular flexibility index (Phi) is 3.06. The zero-order chi connectivity index (χ0) is 11.6. The van der Waals surface area contributed by atoms with Crippen molar-refractivity contribution in [2.45, 2.75) is 26.2 Å². The number of carboxylic acid groups (broad SMARTS) is 1. The fourth-order valence-electron chi connectivity index (χ4n) is 1.07. The SMILES string of the molecule is CC(Cc1ncc(C(C)(F)F)[nH]1)C(=O)O. The molecule has 1 aromatic heterocycles. The summed E-state index contributed by atoms with van der Waals surface area (Å²) in [6, 6.07) is 0. The fraction of sp³-hybridized carbons (Fsp3) is 0.556. The van der Waals surface area contributed by atoms with E-state index in [4.69, 9.17) is 5.11 Å². The molecule has 1 unspecified atom stereocenters. The van der Waals surface area contributed by atoms with E-state index < -0.39 is 17.8 Å². The van der Waals surface area contributed by atoms with E-state index in [1.54, 1.807) is 0 Å². The van der Waals surface area contributed by atoms with E-state index in [0.717, 1.165) is 13.1 Å². The molecule has 1 rings (SSSR count). The van der Waals surface area contributed by atoms with Crippen LogP contribution in [-0.4, -0.2) is 21.0 Å². The maximum atomic E-state index is 12.8. The van der Waals surface area contributed by atoms with E-state index in [0.29, 0.717) is 0 Å². The molecule has 0 aliphatic heterocycles. The molecule has 4 nitrogen and oxygen atoms in total. The van der Waals surface area contributed by atoms with Gasteiger partial charge in [0.1, 0.15) is 11.5 Å². The molecule has 0 fully saturated rings. The highest BCUT2D eigenvalue weighted by Crippen LogP contribution is 2.25. The van der Waals surface area contributed by atoms with Crippen molar-refractivity contribution in [2.75, 3.05) is 0 Å². The third-order valence-corrected chi connectivity index (χ3v) is 2.02. The molecule has 84 valence electrons. The lowest BCUT2D eigenvalue weighted by molar-refractivity contribution is -0.141. The molecule has 6 heteroatoms. The third kappa shape index (κ3) is 3.00. The van der Waals surface area contributed by atoms with Gasteiger partial charge in [0.25, 0.3) is 5.92 Å². The number of carbonyl (C=O) groups is 1. The normalized spacial score (nSPS) is 13.9. The molecule has 0 radical (unpaired) electrons. The first-order chi connectivity index (χ1) is 6.80. The summed E-state index contributed by atoms with van der Waals surface area (Å²) in [6.07, 6.45) is 1.15. The molecule has 0 saturated heterocycles. The first kappa shape index (κ1) is 11.6. The maximum absolute atomic E-state index is 12.8. The predicted octanol–water partition coefficient (Wildman–Crippen LogP) is 1.78. The highest BCUT2D eigenvalue weighted by atomic mass is 19.3. The molecule has 2 N–H and O–H groups in total. The van der Waals surface area contributed by atoms with Crippen molar-refractivity contribution in [3.8, 4) is 0 Å². The minimum absolute atomic E-state index is 0.116. The molecule has 0 aliphatic rings. The van der Waals surface area contributed by atoms with Gasteiger partial charge in [-0.15, -0.1) is 0 Å². The number of nitrogens with zero attached hydrogens (tertiary/aromatic N) is 1. The molecule has 1 aromatic rings. The van der Waals surface area contributed by atoms with Crippen LogP contribution >= 0.6 is 0 Å². The van der Waals surface area contributed by atoms with Crippen LogP contribution in [0.5, 0.6) is 0 Å². The van der Waals surface area contributed by atoms with E-state index in [1.807, 2.05) is 0 Å². The zero-order valence-electron chi connectivity index (χ0n) is 8.42. The lowest BCUT2D eigenvalue weighted by Gasteiger charge is -2.06. The molecule has 15 heavy (non-hydrogen) atoms. The molecule has 1 atom stereocenters. The Labute approximate surface area is 85.3 Å². The number of hydrogen-bond donors (Lipinski definition) is 2. The van der Waals surface area contributed by atoms with Crippen LogP contribution in [0.4, 0.5) is 8.78 Å². The smallest absolute Gasteiger partial charge is 0.306 e. The molecule has 0 saturated carbocycles. The number of hydrogen-bond acceptors (Lipinski definition) is 2. The zero-order valence-corrected chi connectivity index (χ0v) is 8.42. The summed E-state index contributed by atoms with van der Waals surface area (Å²) in [5, 5.41) is 8.62. The van der Waals surface area contributed by atoms with Gasteiger partial charge in [-0.2, -0.15) is 8.78 Å². The number of nitrogens with one attached hydrogen (secondary N) is 1. The van der Waals surface area contributed by atoms with Crippen molar-refractivity contribution in [1.82, 2.24) is 9.97 Å². The molecule has 0 aliphatic carbocycles. The number of aliphatic carboxylic acids is 1. The Morgan fingerprint density at radius 3 is 2.73 bits per heavy atom. The van der Waals surface area contributed by atoms with Gasteiger partial charge in [0.2, 0.25) is 0 Å². The van der Waals surface area contributed by atoms with Crippen molar-refractivity contribution >= 4 is 5.97 Å². The average molecular weight is 218 g/mol. The lowest BCUT2D eigenvalue weighted by Crippen LogP contribution is -2.13. The van der Waals surface area contributed by atoms with Gasteiger partial charge in [-0.3, -0.25) is 4.79 Å². The molecular weight excluding hydrogens is 206 g/mol. The van der Waals surface area contributed by atoms with E-state index in [2.05, 4.69) is 9.97 Å². The van der Waals surface area contributed by atoms with Gasteiger partial charge in [0.05, 0.1) is 12.1 Å². The highest BCUT2D eigenvalue weighted by Gasteiger charge is 2.27.